The van der Waals surface area contributed by atoms with Gasteiger partial charge in [-0.1, -0.05) is 6.07 Å². The summed E-state index contributed by atoms with van der Waals surface area (Å²) >= 11 is 0. The van der Waals surface area contributed by atoms with Gasteiger partial charge in [-0.05, 0) is 36.4 Å². The van der Waals surface area contributed by atoms with Gasteiger partial charge in [-0.2, -0.15) is 0 Å². The van der Waals surface area contributed by atoms with E-state index in [0.717, 1.165) is 12.1 Å². The van der Waals surface area contributed by atoms with Crippen LogP contribution in [0.2, 0.25) is 0 Å². The molecule has 1 N–H and O–H groups in total. The number of ether oxygens (including phenoxy) is 3. The number of carbonyl (C=O) groups excluding carboxylic acids is 1. The number of halogens is 3. The fourth-order valence-corrected chi connectivity index (χ4v) is 1.79. The molecule has 2 aromatic carbocycles. The number of anilines is 1. The number of rotatable bonds is 6. The van der Waals surface area contributed by atoms with Gasteiger partial charge in [0.15, 0.2) is 6.61 Å². The lowest BCUT2D eigenvalue weighted by atomic mass is 10.3. The summed E-state index contributed by atoms with van der Waals surface area (Å²) < 4.78 is 50.5. The molecule has 128 valence electrons. The van der Waals surface area contributed by atoms with E-state index in [9.17, 15) is 18.0 Å². The Labute approximate surface area is 135 Å². The molecule has 5 nitrogen and oxygen atoms in total. The van der Waals surface area contributed by atoms with Gasteiger partial charge in [0.2, 0.25) is 0 Å². The molecule has 0 saturated heterocycles. The maximum absolute atomic E-state index is 12.2. The number of benzene rings is 2. The van der Waals surface area contributed by atoms with Crippen molar-refractivity contribution in [2.45, 2.75) is 6.36 Å². The van der Waals surface area contributed by atoms with Crippen molar-refractivity contribution in [1.29, 1.82) is 0 Å². The predicted octanol–water partition coefficient (Wildman–Crippen LogP) is 3.61. The van der Waals surface area contributed by atoms with Crippen molar-refractivity contribution in [1.82, 2.24) is 0 Å². The summed E-state index contributed by atoms with van der Waals surface area (Å²) in [6, 6.07) is 11.6. The second-order valence-electron chi connectivity index (χ2n) is 4.59. The summed E-state index contributed by atoms with van der Waals surface area (Å²) in [7, 11) is 1.53. The van der Waals surface area contributed by atoms with Gasteiger partial charge in [0.25, 0.3) is 5.91 Å². The monoisotopic (exact) mass is 341 g/mol. The Balaban J connectivity index is 1.88. The van der Waals surface area contributed by atoms with Gasteiger partial charge in [-0.3, -0.25) is 4.79 Å². The zero-order valence-corrected chi connectivity index (χ0v) is 12.6. The highest BCUT2D eigenvalue weighted by molar-refractivity contribution is 5.92. The Morgan fingerprint density at radius 1 is 1.04 bits per heavy atom. The van der Waals surface area contributed by atoms with E-state index in [-0.39, 0.29) is 12.3 Å². The number of amides is 1. The number of nitrogens with one attached hydrogen (secondary N) is 1. The summed E-state index contributed by atoms with van der Waals surface area (Å²) in [5.41, 5.74) is 0.167. The molecule has 2 aromatic rings. The molecule has 0 radical (unpaired) electrons. The fraction of sp³-hybridized carbons (Fsp3) is 0.188. The molecular formula is C16H14F3NO4. The van der Waals surface area contributed by atoms with Crippen LogP contribution in [0.25, 0.3) is 0 Å². The van der Waals surface area contributed by atoms with E-state index in [1.54, 1.807) is 24.3 Å². The van der Waals surface area contributed by atoms with Crippen LogP contribution in [0.5, 0.6) is 17.2 Å². The summed E-state index contributed by atoms with van der Waals surface area (Å²) in [5, 5.41) is 2.42. The molecule has 0 fully saturated rings. The lowest BCUT2D eigenvalue weighted by Gasteiger charge is -2.11. The Hall–Kier alpha value is -2.90. The van der Waals surface area contributed by atoms with E-state index in [2.05, 4.69) is 10.1 Å². The molecule has 0 aromatic heterocycles. The molecule has 0 aliphatic rings. The standard InChI is InChI=1S/C16H14F3NO4/c1-22-12-5-7-13(8-6-12)23-10-15(21)20-11-3-2-4-14(9-11)24-16(17,18)19/h2-9H,10H2,1H3,(H,20,21). The van der Waals surface area contributed by atoms with Crippen molar-refractivity contribution in [2.75, 3.05) is 19.0 Å². The van der Waals surface area contributed by atoms with Gasteiger partial charge < -0.3 is 19.5 Å². The zero-order chi connectivity index (χ0) is 17.6. The Bertz CT molecular complexity index is 686. The first kappa shape index (κ1) is 17.5. The van der Waals surface area contributed by atoms with E-state index >= 15 is 0 Å². The Morgan fingerprint density at radius 2 is 1.71 bits per heavy atom. The third kappa shape index (κ3) is 5.71. The molecule has 0 spiro atoms. The minimum atomic E-state index is -4.79. The third-order valence-electron chi connectivity index (χ3n) is 2.78. The number of methoxy groups -OCH3 is 1. The van der Waals surface area contributed by atoms with Crippen LogP contribution in [0.15, 0.2) is 48.5 Å². The number of alkyl halides is 3. The van der Waals surface area contributed by atoms with Crippen molar-refractivity contribution in [3.63, 3.8) is 0 Å². The van der Waals surface area contributed by atoms with Gasteiger partial charge in [0, 0.05) is 11.8 Å². The lowest BCUT2D eigenvalue weighted by molar-refractivity contribution is -0.274. The molecule has 0 atom stereocenters. The smallest absolute Gasteiger partial charge is 0.497 e. The highest BCUT2D eigenvalue weighted by atomic mass is 19.4. The minimum Gasteiger partial charge on any atom is -0.497 e. The van der Waals surface area contributed by atoms with Crippen LogP contribution in [0.3, 0.4) is 0 Å². The first-order valence-corrected chi connectivity index (χ1v) is 6.78. The largest absolute Gasteiger partial charge is 0.573 e. The van der Waals surface area contributed by atoms with E-state index in [0.29, 0.717) is 11.5 Å². The summed E-state index contributed by atoms with van der Waals surface area (Å²) in [5.74, 6) is 0.166. The lowest BCUT2D eigenvalue weighted by Crippen LogP contribution is -2.20. The first-order chi connectivity index (χ1) is 11.4. The molecule has 2 rings (SSSR count). The van der Waals surface area contributed by atoms with Gasteiger partial charge in [0.1, 0.15) is 17.2 Å². The number of carbonyl (C=O) groups is 1. The Morgan fingerprint density at radius 3 is 2.33 bits per heavy atom. The van der Waals surface area contributed by atoms with Crippen LogP contribution in [0.4, 0.5) is 18.9 Å². The third-order valence-corrected chi connectivity index (χ3v) is 2.78. The molecule has 24 heavy (non-hydrogen) atoms. The molecule has 0 bridgehead atoms. The van der Waals surface area contributed by atoms with Crippen LogP contribution < -0.4 is 19.5 Å². The maximum atomic E-state index is 12.2. The fourth-order valence-electron chi connectivity index (χ4n) is 1.79. The summed E-state index contributed by atoms with van der Waals surface area (Å²) in [6.07, 6.45) is -4.79. The molecule has 1 amide bonds. The van der Waals surface area contributed by atoms with Crippen LogP contribution in [0, 0.1) is 0 Å². The number of hydrogen-bond acceptors (Lipinski definition) is 4. The molecule has 0 unspecified atom stereocenters. The van der Waals surface area contributed by atoms with Crippen LogP contribution in [-0.2, 0) is 4.79 Å². The predicted molar refractivity (Wildman–Crippen MR) is 80.2 cm³/mol. The average Bonchev–Trinajstić information content (AvgIpc) is 2.52. The van der Waals surface area contributed by atoms with Crippen LogP contribution in [-0.4, -0.2) is 26.0 Å². The molecule has 8 heteroatoms. The Kier molecular flexibility index (Phi) is 5.51. The van der Waals surface area contributed by atoms with E-state index in [1.807, 2.05) is 0 Å². The summed E-state index contributed by atoms with van der Waals surface area (Å²) in [4.78, 5) is 11.8. The van der Waals surface area contributed by atoms with Crippen LogP contribution in [0.1, 0.15) is 0 Å². The maximum Gasteiger partial charge on any atom is 0.573 e. The van der Waals surface area contributed by atoms with Crippen molar-refractivity contribution in [3.8, 4) is 17.2 Å². The van der Waals surface area contributed by atoms with Gasteiger partial charge in [0.05, 0.1) is 7.11 Å². The molecule has 0 aliphatic carbocycles. The number of hydrogen-bond donors (Lipinski definition) is 1. The highest BCUT2D eigenvalue weighted by Gasteiger charge is 2.31. The van der Waals surface area contributed by atoms with Gasteiger partial charge >= 0.3 is 6.36 Å². The quantitative estimate of drug-likeness (QED) is 0.872. The molecule has 0 saturated carbocycles. The SMILES string of the molecule is COc1ccc(OCC(=O)Nc2cccc(OC(F)(F)F)c2)cc1. The topological polar surface area (TPSA) is 56.8 Å². The van der Waals surface area contributed by atoms with E-state index in [1.165, 1.54) is 19.2 Å². The molecule has 0 heterocycles. The summed E-state index contributed by atoms with van der Waals surface area (Å²) in [6.45, 7) is -0.295. The second kappa shape index (κ2) is 7.58. The van der Waals surface area contributed by atoms with Crippen molar-refractivity contribution >= 4 is 11.6 Å². The zero-order valence-electron chi connectivity index (χ0n) is 12.6. The van der Waals surface area contributed by atoms with Gasteiger partial charge in [-0.25, -0.2) is 0 Å². The highest BCUT2D eigenvalue weighted by Crippen LogP contribution is 2.25. The van der Waals surface area contributed by atoms with E-state index in [4.69, 9.17) is 9.47 Å². The molecular weight excluding hydrogens is 327 g/mol. The van der Waals surface area contributed by atoms with Crippen molar-refractivity contribution < 1.29 is 32.2 Å². The van der Waals surface area contributed by atoms with E-state index < -0.39 is 18.0 Å². The first-order valence-electron chi connectivity index (χ1n) is 6.78. The van der Waals surface area contributed by atoms with Crippen molar-refractivity contribution in [2.24, 2.45) is 0 Å². The molecule has 0 aliphatic heterocycles. The normalized spacial score (nSPS) is 10.8. The minimum absolute atomic E-state index is 0.167. The second-order valence-corrected chi connectivity index (χ2v) is 4.59. The van der Waals surface area contributed by atoms with Crippen molar-refractivity contribution in [3.05, 3.63) is 48.5 Å². The van der Waals surface area contributed by atoms with Crippen LogP contribution >= 0.6 is 0 Å². The average molecular weight is 341 g/mol. The van der Waals surface area contributed by atoms with Gasteiger partial charge in [-0.15, -0.1) is 13.2 Å².